The normalized spacial score (nSPS) is 17.9. The Labute approximate surface area is 115 Å². The van der Waals surface area contributed by atoms with Crippen LogP contribution in [-0.4, -0.2) is 23.5 Å². The van der Waals surface area contributed by atoms with E-state index in [4.69, 9.17) is 0 Å². The molecule has 1 aromatic rings. The molecule has 0 aromatic carbocycles. The first-order valence-electron chi connectivity index (χ1n) is 7.09. The van der Waals surface area contributed by atoms with Gasteiger partial charge in [0.1, 0.15) is 0 Å². The summed E-state index contributed by atoms with van der Waals surface area (Å²) in [4.78, 5) is 16.1. The Morgan fingerprint density at radius 3 is 2.79 bits per heavy atom. The Balaban J connectivity index is 1.83. The molecule has 0 radical (unpaired) electrons. The highest BCUT2D eigenvalue weighted by molar-refractivity contribution is 5.77. The number of carbonyl (C=O) groups excluding carboxylic acids is 1. The summed E-state index contributed by atoms with van der Waals surface area (Å²) < 4.78 is 0. The minimum Gasteiger partial charge on any atom is -0.352 e. The second-order valence-corrected chi connectivity index (χ2v) is 5.41. The van der Waals surface area contributed by atoms with E-state index in [0.717, 1.165) is 18.4 Å². The van der Waals surface area contributed by atoms with Crippen molar-refractivity contribution < 1.29 is 4.79 Å². The Kier molecular flexibility index (Phi) is 4.91. The van der Waals surface area contributed by atoms with Crippen molar-refractivity contribution in [2.24, 2.45) is 0 Å². The van der Waals surface area contributed by atoms with Crippen LogP contribution in [0.1, 0.15) is 44.1 Å². The minimum atomic E-state index is 0.0112. The van der Waals surface area contributed by atoms with E-state index in [0.29, 0.717) is 13.0 Å². The number of nitrogens with zero attached hydrogens (tertiary/aromatic N) is 1. The third kappa shape index (κ3) is 4.03. The first-order chi connectivity index (χ1) is 9.24. The molecule has 104 valence electrons. The van der Waals surface area contributed by atoms with E-state index in [1.54, 1.807) is 12.4 Å². The van der Waals surface area contributed by atoms with Crippen LogP contribution in [0.4, 0.5) is 0 Å². The second kappa shape index (κ2) is 6.66. The quantitative estimate of drug-likeness (QED) is 0.852. The molecule has 1 aliphatic carbocycles. The van der Waals surface area contributed by atoms with Crippen LogP contribution in [0.15, 0.2) is 24.5 Å². The Morgan fingerprint density at radius 2 is 2.16 bits per heavy atom. The van der Waals surface area contributed by atoms with Crippen molar-refractivity contribution in [1.82, 2.24) is 15.6 Å². The van der Waals surface area contributed by atoms with Crippen molar-refractivity contribution in [3.8, 4) is 0 Å². The van der Waals surface area contributed by atoms with Gasteiger partial charge in [0.15, 0.2) is 0 Å². The Morgan fingerprint density at radius 1 is 1.37 bits per heavy atom. The van der Waals surface area contributed by atoms with Crippen molar-refractivity contribution in [1.29, 1.82) is 0 Å². The summed E-state index contributed by atoms with van der Waals surface area (Å²) in [5.41, 5.74) is 1.05. The first-order valence-corrected chi connectivity index (χ1v) is 7.09. The van der Waals surface area contributed by atoms with E-state index in [2.05, 4.69) is 15.6 Å². The fraction of sp³-hybridized carbons (Fsp3) is 0.600. The molecule has 1 fully saturated rings. The molecule has 1 aromatic heterocycles. The molecular formula is C15H23N3O. The van der Waals surface area contributed by atoms with E-state index < -0.39 is 0 Å². The molecule has 0 saturated heterocycles. The van der Waals surface area contributed by atoms with Gasteiger partial charge in [-0.15, -0.1) is 0 Å². The van der Waals surface area contributed by atoms with Gasteiger partial charge in [0.2, 0.25) is 5.91 Å². The van der Waals surface area contributed by atoms with Gasteiger partial charge in [0.05, 0.1) is 0 Å². The van der Waals surface area contributed by atoms with Crippen LogP contribution >= 0.6 is 0 Å². The number of aromatic nitrogens is 1. The number of hydrogen-bond acceptors (Lipinski definition) is 3. The van der Waals surface area contributed by atoms with Crippen molar-refractivity contribution in [2.75, 3.05) is 7.05 Å². The summed E-state index contributed by atoms with van der Waals surface area (Å²) >= 11 is 0. The van der Waals surface area contributed by atoms with Crippen LogP contribution in [0.5, 0.6) is 0 Å². The zero-order valence-corrected chi connectivity index (χ0v) is 11.6. The lowest BCUT2D eigenvalue weighted by Gasteiger charge is -2.36. The van der Waals surface area contributed by atoms with Gasteiger partial charge in [-0.2, -0.15) is 0 Å². The lowest BCUT2D eigenvalue weighted by molar-refractivity contribution is -0.123. The minimum absolute atomic E-state index is 0.0112. The largest absolute Gasteiger partial charge is 0.352 e. The molecule has 1 amide bonds. The number of hydrogen-bond donors (Lipinski definition) is 2. The highest BCUT2D eigenvalue weighted by atomic mass is 16.1. The van der Waals surface area contributed by atoms with Crippen LogP contribution in [0, 0.1) is 0 Å². The maximum Gasteiger partial charge on any atom is 0.222 e. The predicted molar refractivity (Wildman–Crippen MR) is 75.6 cm³/mol. The van der Waals surface area contributed by atoms with Gasteiger partial charge in [-0.3, -0.25) is 9.78 Å². The average molecular weight is 261 g/mol. The molecule has 0 bridgehead atoms. The van der Waals surface area contributed by atoms with Crippen LogP contribution in [0.2, 0.25) is 0 Å². The number of nitrogens with one attached hydrogen (secondary N) is 2. The van der Waals surface area contributed by atoms with Gasteiger partial charge in [-0.1, -0.05) is 25.3 Å². The Bertz CT molecular complexity index is 399. The van der Waals surface area contributed by atoms with Gasteiger partial charge in [0, 0.05) is 30.9 Å². The number of rotatable bonds is 5. The van der Waals surface area contributed by atoms with E-state index in [-0.39, 0.29) is 11.4 Å². The summed E-state index contributed by atoms with van der Waals surface area (Å²) in [5, 5.41) is 6.36. The molecule has 1 heterocycles. The third-order valence-corrected chi connectivity index (χ3v) is 4.05. The summed E-state index contributed by atoms with van der Waals surface area (Å²) in [6.45, 7) is 0.562. The maximum absolute atomic E-state index is 12.1. The van der Waals surface area contributed by atoms with Crippen LogP contribution in [0.3, 0.4) is 0 Å². The van der Waals surface area contributed by atoms with Crippen molar-refractivity contribution >= 4 is 5.91 Å². The molecule has 0 unspecified atom stereocenters. The summed E-state index contributed by atoms with van der Waals surface area (Å²) in [7, 11) is 1.97. The Hall–Kier alpha value is -1.42. The number of amides is 1. The predicted octanol–water partition coefficient (Wildman–Crippen LogP) is 2.01. The number of carbonyl (C=O) groups is 1. The maximum atomic E-state index is 12.1. The highest BCUT2D eigenvalue weighted by Crippen LogP contribution is 2.30. The molecule has 0 aliphatic heterocycles. The van der Waals surface area contributed by atoms with Gasteiger partial charge in [0.25, 0.3) is 0 Å². The number of pyridine rings is 1. The molecule has 0 atom stereocenters. The fourth-order valence-electron chi connectivity index (χ4n) is 2.82. The molecule has 4 heteroatoms. The van der Waals surface area contributed by atoms with Gasteiger partial charge in [-0.05, 0) is 31.5 Å². The lowest BCUT2D eigenvalue weighted by atomic mass is 9.79. The topological polar surface area (TPSA) is 54.0 Å². The molecule has 4 nitrogen and oxygen atoms in total. The van der Waals surface area contributed by atoms with Crippen molar-refractivity contribution in [2.45, 2.75) is 50.6 Å². The van der Waals surface area contributed by atoms with E-state index >= 15 is 0 Å². The lowest BCUT2D eigenvalue weighted by Crippen LogP contribution is -2.48. The average Bonchev–Trinajstić information content (AvgIpc) is 2.47. The smallest absolute Gasteiger partial charge is 0.222 e. The van der Waals surface area contributed by atoms with Crippen LogP contribution in [-0.2, 0) is 11.3 Å². The van der Waals surface area contributed by atoms with Gasteiger partial charge < -0.3 is 10.6 Å². The zero-order valence-electron chi connectivity index (χ0n) is 11.6. The molecule has 1 aliphatic rings. The molecule has 2 rings (SSSR count). The van der Waals surface area contributed by atoms with E-state index in [1.165, 1.54) is 19.3 Å². The fourth-order valence-corrected chi connectivity index (χ4v) is 2.82. The standard InChI is InChI=1S/C15H23N3O/c1-16-15(7-3-2-4-8-15)10-14(19)18-12-13-6-5-9-17-11-13/h5-6,9,11,16H,2-4,7-8,10,12H2,1H3,(H,18,19). The van der Waals surface area contributed by atoms with Crippen molar-refractivity contribution in [3.63, 3.8) is 0 Å². The van der Waals surface area contributed by atoms with Crippen LogP contribution in [0.25, 0.3) is 0 Å². The first kappa shape index (κ1) is 14.0. The van der Waals surface area contributed by atoms with E-state index in [1.807, 2.05) is 19.2 Å². The molecule has 0 spiro atoms. The highest BCUT2D eigenvalue weighted by Gasteiger charge is 2.32. The van der Waals surface area contributed by atoms with Gasteiger partial charge >= 0.3 is 0 Å². The monoisotopic (exact) mass is 261 g/mol. The molecule has 19 heavy (non-hydrogen) atoms. The van der Waals surface area contributed by atoms with Crippen LogP contribution < -0.4 is 10.6 Å². The summed E-state index contributed by atoms with van der Waals surface area (Å²) in [5.74, 6) is 0.125. The van der Waals surface area contributed by atoms with E-state index in [9.17, 15) is 4.79 Å². The van der Waals surface area contributed by atoms with Crippen molar-refractivity contribution in [3.05, 3.63) is 30.1 Å². The molecule has 1 saturated carbocycles. The zero-order chi connectivity index (χ0) is 13.6. The molecule has 2 N–H and O–H groups in total. The third-order valence-electron chi connectivity index (χ3n) is 4.05. The molecular weight excluding hydrogens is 238 g/mol. The summed E-state index contributed by atoms with van der Waals surface area (Å²) in [6.07, 6.45) is 10.0. The summed E-state index contributed by atoms with van der Waals surface area (Å²) in [6, 6.07) is 3.86. The SMILES string of the molecule is CNC1(CC(=O)NCc2cccnc2)CCCCC1. The van der Waals surface area contributed by atoms with Gasteiger partial charge in [-0.25, -0.2) is 0 Å². The second-order valence-electron chi connectivity index (χ2n) is 5.41.